The van der Waals surface area contributed by atoms with Crippen molar-refractivity contribution < 1.29 is 13.2 Å². The van der Waals surface area contributed by atoms with E-state index < -0.39 is 9.84 Å². The number of benzene rings is 3. The Kier molecular flexibility index (Phi) is 7.37. The van der Waals surface area contributed by atoms with Gasteiger partial charge in [-0.05, 0) is 78.8 Å². The van der Waals surface area contributed by atoms with Crippen molar-refractivity contribution in [1.29, 1.82) is 0 Å². The molecule has 178 valence electrons. The highest BCUT2D eigenvalue weighted by Gasteiger charge is 2.17. The Hall–Kier alpha value is -3.12. The molecule has 0 fully saturated rings. The number of sulfone groups is 1. The zero-order valence-electron chi connectivity index (χ0n) is 19.9. The average Bonchev–Trinajstić information content (AvgIpc) is 2.84. The molecule has 1 amide bonds. The first-order valence-corrected chi connectivity index (χ1v) is 13.5. The van der Waals surface area contributed by atoms with E-state index in [1.54, 1.807) is 31.2 Å². The summed E-state index contributed by atoms with van der Waals surface area (Å²) in [5, 5.41) is 2.93. The number of nitrogens with one attached hydrogen (secondary N) is 1. The lowest BCUT2D eigenvalue weighted by atomic mass is 9.96. The van der Waals surface area contributed by atoms with E-state index in [1.807, 2.05) is 12.1 Å². The third kappa shape index (κ3) is 5.68. The van der Waals surface area contributed by atoms with E-state index in [9.17, 15) is 13.2 Å². The van der Waals surface area contributed by atoms with Gasteiger partial charge in [0.15, 0.2) is 9.84 Å². The molecule has 0 aliphatic carbocycles. The molecule has 0 radical (unpaired) electrons. The molecule has 1 aliphatic heterocycles. The van der Waals surface area contributed by atoms with Gasteiger partial charge in [-0.15, -0.1) is 0 Å². The highest BCUT2D eigenvalue weighted by atomic mass is 32.2. The number of amides is 1. The minimum Gasteiger partial charge on any atom is -0.371 e. The van der Waals surface area contributed by atoms with Gasteiger partial charge in [-0.3, -0.25) is 4.79 Å². The molecule has 3 aromatic carbocycles. The summed E-state index contributed by atoms with van der Waals surface area (Å²) in [7, 11) is -3.23. The minimum atomic E-state index is -3.23. The maximum Gasteiger partial charge on any atom is 0.228 e. The van der Waals surface area contributed by atoms with E-state index in [4.69, 9.17) is 0 Å². The summed E-state index contributed by atoms with van der Waals surface area (Å²) in [6.45, 7) is 5.89. The van der Waals surface area contributed by atoms with Crippen LogP contribution in [0.25, 0.3) is 0 Å². The Balaban J connectivity index is 1.30. The Morgan fingerprint density at radius 2 is 1.68 bits per heavy atom. The standard InChI is InChI=1S/C28H32N2O3S/c1-3-34(32,33)25-15-11-23(12-16-25)20-28(31)29-24-13-9-22(10-14-24)17-19-30-18-5-7-26-21(2)6-4-8-27(26)30/h4,6,8-16H,3,5,7,17-20H2,1-2H3,(H,29,31). The van der Waals surface area contributed by atoms with E-state index in [2.05, 4.69) is 47.5 Å². The number of carbonyl (C=O) groups excluding carboxylic acids is 1. The quantitative estimate of drug-likeness (QED) is 0.499. The van der Waals surface area contributed by atoms with Crippen molar-refractivity contribution in [3.63, 3.8) is 0 Å². The minimum absolute atomic E-state index is 0.0633. The fourth-order valence-electron chi connectivity index (χ4n) is 4.50. The van der Waals surface area contributed by atoms with Crippen LogP contribution in [-0.4, -0.2) is 33.2 Å². The maximum atomic E-state index is 12.4. The Morgan fingerprint density at radius 1 is 0.971 bits per heavy atom. The third-order valence-electron chi connectivity index (χ3n) is 6.52. The smallest absolute Gasteiger partial charge is 0.228 e. The molecule has 1 heterocycles. The molecule has 1 aliphatic rings. The van der Waals surface area contributed by atoms with Gasteiger partial charge in [0.25, 0.3) is 0 Å². The van der Waals surface area contributed by atoms with Gasteiger partial charge in [-0.25, -0.2) is 8.42 Å². The molecule has 3 aromatic rings. The number of rotatable bonds is 8. The normalized spacial score (nSPS) is 13.4. The van der Waals surface area contributed by atoms with E-state index in [1.165, 1.54) is 28.8 Å². The van der Waals surface area contributed by atoms with E-state index >= 15 is 0 Å². The molecule has 0 aromatic heterocycles. The van der Waals surface area contributed by atoms with Gasteiger partial charge in [0.2, 0.25) is 5.91 Å². The average molecular weight is 477 g/mol. The Labute approximate surface area is 202 Å². The predicted octanol–water partition coefficient (Wildman–Crippen LogP) is 4.97. The summed E-state index contributed by atoms with van der Waals surface area (Å²) in [6.07, 6.45) is 3.51. The van der Waals surface area contributed by atoms with Crippen LogP contribution in [0.2, 0.25) is 0 Å². The molecule has 0 unspecified atom stereocenters. The third-order valence-corrected chi connectivity index (χ3v) is 8.27. The van der Waals surface area contributed by atoms with Crippen molar-refractivity contribution >= 4 is 27.1 Å². The van der Waals surface area contributed by atoms with Crippen LogP contribution in [-0.2, 0) is 33.9 Å². The van der Waals surface area contributed by atoms with Gasteiger partial charge < -0.3 is 10.2 Å². The van der Waals surface area contributed by atoms with Gasteiger partial charge in [0.1, 0.15) is 0 Å². The zero-order chi connectivity index (χ0) is 24.1. The van der Waals surface area contributed by atoms with E-state index in [-0.39, 0.29) is 23.0 Å². The fraction of sp³-hybridized carbons (Fsp3) is 0.321. The van der Waals surface area contributed by atoms with Crippen LogP contribution in [0.5, 0.6) is 0 Å². The lowest BCUT2D eigenvalue weighted by molar-refractivity contribution is -0.115. The summed E-state index contributed by atoms with van der Waals surface area (Å²) in [4.78, 5) is 15.2. The second-order valence-electron chi connectivity index (χ2n) is 8.88. The molecule has 4 rings (SSSR count). The van der Waals surface area contributed by atoms with Crippen LogP contribution in [0, 0.1) is 6.92 Å². The molecule has 6 heteroatoms. The Morgan fingerprint density at radius 3 is 2.38 bits per heavy atom. The van der Waals surface area contributed by atoms with Crippen molar-refractivity contribution in [3.05, 3.63) is 89.0 Å². The number of carbonyl (C=O) groups is 1. The SMILES string of the molecule is CCS(=O)(=O)c1ccc(CC(=O)Nc2ccc(CCN3CCCc4c(C)cccc43)cc2)cc1. The predicted molar refractivity (Wildman–Crippen MR) is 138 cm³/mol. The first-order chi connectivity index (χ1) is 16.4. The molecule has 0 atom stereocenters. The molecule has 0 saturated heterocycles. The molecule has 34 heavy (non-hydrogen) atoms. The second kappa shape index (κ2) is 10.4. The van der Waals surface area contributed by atoms with Crippen molar-refractivity contribution in [2.45, 2.75) is 44.4 Å². The lowest BCUT2D eigenvalue weighted by Gasteiger charge is -2.32. The molecular formula is C28H32N2O3S. The van der Waals surface area contributed by atoms with Crippen LogP contribution >= 0.6 is 0 Å². The second-order valence-corrected chi connectivity index (χ2v) is 11.2. The number of nitrogens with zero attached hydrogens (tertiary/aromatic N) is 1. The van der Waals surface area contributed by atoms with E-state index in [0.717, 1.165) is 37.2 Å². The van der Waals surface area contributed by atoms with Crippen LogP contribution in [0.3, 0.4) is 0 Å². The molecular weight excluding hydrogens is 444 g/mol. The fourth-order valence-corrected chi connectivity index (χ4v) is 5.38. The number of hydrogen-bond donors (Lipinski definition) is 1. The maximum absolute atomic E-state index is 12.4. The molecule has 0 spiro atoms. The van der Waals surface area contributed by atoms with Crippen molar-refractivity contribution in [2.24, 2.45) is 0 Å². The van der Waals surface area contributed by atoms with Crippen LogP contribution in [0.4, 0.5) is 11.4 Å². The van der Waals surface area contributed by atoms with Gasteiger partial charge in [-0.1, -0.05) is 43.3 Å². The lowest BCUT2D eigenvalue weighted by Crippen LogP contribution is -2.31. The summed E-state index contributed by atoms with van der Waals surface area (Å²) in [5.41, 5.74) is 7.01. The van der Waals surface area contributed by atoms with Crippen molar-refractivity contribution in [2.75, 3.05) is 29.1 Å². The number of fused-ring (bicyclic) bond motifs is 1. The largest absolute Gasteiger partial charge is 0.371 e. The number of anilines is 2. The van der Waals surface area contributed by atoms with E-state index in [0.29, 0.717) is 0 Å². The molecule has 1 N–H and O–H groups in total. The molecule has 0 saturated carbocycles. The molecule has 5 nitrogen and oxygen atoms in total. The van der Waals surface area contributed by atoms with Gasteiger partial charge in [0.05, 0.1) is 17.1 Å². The molecule has 0 bridgehead atoms. The van der Waals surface area contributed by atoms with Gasteiger partial charge in [-0.2, -0.15) is 0 Å². The van der Waals surface area contributed by atoms with Crippen LogP contribution in [0.1, 0.15) is 35.6 Å². The van der Waals surface area contributed by atoms with Crippen molar-refractivity contribution in [1.82, 2.24) is 0 Å². The highest BCUT2D eigenvalue weighted by molar-refractivity contribution is 7.91. The summed E-state index contributed by atoms with van der Waals surface area (Å²) < 4.78 is 23.9. The first kappa shape index (κ1) is 24.0. The summed E-state index contributed by atoms with van der Waals surface area (Å²) in [6, 6.07) is 21.1. The van der Waals surface area contributed by atoms with Crippen LogP contribution in [0.15, 0.2) is 71.6 Å². The summed E-state index contributed by atoms with van der Waals surface area (Å²) >= 11 is 0. The summed E-state index contributed by atoms with van der Waals surface area (Å²) in [5.74, 6) is -0.0625. The zero-order valence-corrected chi connectivity index (χ0v) is 20.7. The Bertz CT molecular complexity index is 1250. The van der Waals surface area contributed by atoms with Crippen molar-refractivity contribution in [3.8, 4) is 0 Å². The number of aryl methyl sites for hydroxylation is 1. The monoisotopic (exact) mass is 476 g/mol. The van der Waals surface area contributed by atoms with Gasteiger partial charge >= 0.3 is 0 Å². The first-order valence-electron chi connectivity index (χ1n) is 11.9. The topological polar surface area (TPSA) is 66.5 Å². The van der Waals surface area contributed by atoms with Gasteiger partial charge in [0, 0.05) is 24.5 Å². The van der Waals surface area contributed by atoms with Crippen LogP contribution < -0.4 is 10.2 Å². The highest BCUT2D eigenvalue weighted by Crippen LogP contribution is 2.29. The number of hydrogen-bond acceptors (Lipinski definition) is 4.